The SMILES string of the molecule is CC(=O)c1cc2c(Br)ncnc2n1C1CC1. The van der Waals surface area contributed by atoms with Crippen molar-refractivity contribution in [3.63, 3.8) is 0 Å². The van der Waals surface area contributed by atoms with Gasteiger partial charge in [0.2, 0.25) is 0 Å². The molecule has 5 heteroatoms. The Kier molecular flexibility index (Phi) is 2.10. The van der Waals surface area contributed by atoms with E-state index in [0.717, 1.165) is 34.2 Å². The number of nitrogens with zero attached hydrogens (tertiary/aromatic N) is 3. The standard InChI is InChI=1S/C11H10BrN3O/c1-6(16)9-4-8-10(12)13-5-14-11(8)15(9)7-2-3-7/h4-5,7H,2-3H2,1H3. The van der Waals surface area contributed by atoms with Gasteiger partial charge in [0, 0.05) is 13.0 Å². The lowest BCUT2D eigenvalue weighted by Crippen LogP contribution is -2.05. The Labute approximate surface area is 101 Å². The highest BCUT2D eigenvalue weighted by atomic mass is 79.9. The van der Waals surface area contributed by atoms with Crippen molar-refractivity contribution in [2.75, 3.05) is 0 Å². The number of ketones is 1. The Morgan fingerprint density at radius 3 is 2.88 bits per heavy atom. The summed E-state index contributed by atoms with van der Waals surface area (Å²) in [6.45, 7) is 1.59. The van der Waals surface area contributed by atoms with Crippen molar-refractivity contribution in [3.05, 3.63) is 22.7 Å². The first-order chi connectivity index (χ1) is 7.68. The van der Waals surface area contributed by atoms with E-state index < -0.39 is 0 Å². The van der Waals surface area contributed by atoms with Crippen LogP contribution in [-0.2, 0) is 0 Å². The molecule has 2 aromatic heterocycles. The first-order valence-electron chi connectivity index (χ1n) is 5.21. The van der Waals surface area contributed by atoms with Crippen LogP contribution in [0.4, 0.5) is 0 Å². The maximum atomic E-state index is 11.6. The molecule has 2 heterocycles. The lowest BCUT2D eigenvalue weighted by molar-refractivity contribution is 0.100. The number of carbonyl (C=O) groups excluding carboxylic acids is 1. The summed E-state index contributed by atoms with van der Waals surface area (Å²) < 4.78 is 2.80. The monoisotopic (exact) mass is 279 g/mol. The van der Waals surface area contributed by atoms with E-state index in [9.17, 15) is 4.79 Å². The Hall–Kier alpha value is -1.23. The van der Waals surface area contributed by atoms with Gasteiger partial charge in [-0.15, -0.1) is 0 Å². The molecule has 1 aliphatic rings. The molecule has 0 aliphatic heterocycles. The van der Waals surface area contributed by atoms with Crippen molar-refractivity contribution in [1.29, 1.82) is 0 Å². The van der Waals surface area contributed by atoms with Gasteiger partial charge in [0.15, 0.2) is 5.78 Å². The van der Waals surface area contributed by atoms with Crippen LogP contribution in [0.25, 0.3) is 11.0 Å². The summed E-state index contributed by atoms with van der Waals surface area (Å²) in [5.74, 6) is 0.0804. The third-order valence-electron chi connectivity index (χ3n) is 2.86. The third kappa shape index (κ3) is 1.38. The van der Waals surface area contributed by atoms with Crippen LogP contribution in [0, 0.1) is 0 Å². The number of hydrogen-bond acceptors (Lipinski definition) is 3. The van der Waals surface area contributed by atoms with E-state index >= 15 is 0 Å². The molecule has 0 atom stereocenters. The number of Topliss-reactive ketones (excluding diaryl/α,β-unsaturated/α-hetero) is 1. The highest BCUT2D eigenvalue weighted by molar-refractivity contribution is 9.10. The zero-order valence-corrected chi connectivity index (χ0v) is 10.4. The quantitative estimate of drug-likeness (QED) is 0.627. The van der Waals surface area contributed by atoms with E-state index in [1.165, 1.54) is 6.33 Å². The van der Waals surface area contributed by atoms with Crippen LogP contribution in [0.3, 0.4) is 0 Å². The minimum atomic E-state index is 0.0804. The van der Waals surface area contributed by atoms with Crippen molar-refractivity contribution in [2.45, 2.75) is 25.8 Å². The third-order valence-corrected chi connectivity index (χ3v) is 3.49. The minimum absolute atomic E-state index is 0.0804. The second-order valence-electron chi connectivity index (χ2n) is 4.09. The van der Waals surface area contributed by atoms with Crippen molar-refractivity contribution in [2.24, 2.45) is 0 Å². The van der Waals surface area contributed by atoms with Crippen LogP contribution in [0.2, 0.25) is 0 Å². The summed E-state index contributed by atoms with van der Waals surface area (Å²) in [6, 6.07) is 2.32. The number of hydrogen-bond donors (Lipinski definition) is 0. The zero-order chi connectivity index (χ0) is 11.3. The molecule has 0 amide bonds. The van der Waals surface area contributed by atoms with Crippen molar-refractivity contribution in [1.82, 2.24) is 14.5 Å². The smallest absolute Gasteiger partial charge is 0.176 e. The van der Waals surface area contributed by atoms with Gasteiger partial charge in [-0.25, -0.2) is 9.97 Å². The van der Waals surface area contributed by atoms with Crippen LogP contribution in [0.5, 0.6) is 0 Å². The molecule has 16 heavy (non-hydrogen) atoms. The van der Waals surface area contributed by atoms with Gasteiger partial charge in [0.1, 0.15) is 16.6 Å². The normalized spacial score (nSPS) is 15.6. The summed E-state index contributed by atoms with van der Waals surface area (Å²) in [4.78, 5) is 20.0. The molecule has 4 nitrogen and oxygen atoms in total. The van der Waals surface area contributed by atoms with Gasteiger partial charge in [0.05, 0.1) is 11.1 Å². The maximum Gasteiger partial charge on any atom is 0.176 e. The molecule has 1 fully saturated rings. The van der Waals surface area contributed by atoms with Crippen molar-refractivity contribution >= 4 is 32.7 Å². The van der Waals surface area contributed by atoms with E-state index in [-0.39, 0.29) is 5.78 Å². The van der Waals surface area contributed by atoms with Gasteiger partial charge in [-0.1, -0.05) is 0 Å². The first kappa shape index (κ1) is 9.96. The minimum Gasteiger partial charge on any atom is -0.320 e. The number of rotatable bonds is 2. The maximum absolute atomic E-state index is 11.6. The molecule has 0 radical (unpaired) electrons. The van der Waals surface area contributed by atoms with Crippen LogP contribution < -0.4 is 0 Å². The summed E-state index contributed by atoms with van der Waals surface area (Å²) >= 11 is 3.39. The lowest BCUT2D eigenvalue weighted by Gasteiger charge is -2.05. The summed E-state index contributed by atoms with van der Waals surface area (Å²) in [5.41, 5.74) is 1.59. The first-order valence-corrected chi connectivity index (χ1v) is 6.00. The van der Waals surface area contributed by atoms with Crippen LogP contribution in [-0.4, -0.2) is 20.3 Å². The zero-order valence-electron chi connectivity index (χ0n) is 8.77. The fourth-order valence-electron chi connectivity index (χ4n) is 1.98. The van der Waals surface area contributed by atoms with Gasteiger partial charge >= 0.3 is 0 Å². The average molecular weight is 280 g/mol. The summed E-state index contributed by atoms with van der Waals surface area (Å²) in [6.07, 6.45) is 3.78. The average Bonchev–Trinajstić information content (AvgIpc) is 2.99. The highest BCUT2D eigenvalue weighted by Gasteiger charge is 2.29. The molecular weight excluding hydrogens is 270 g/mol. The Morgan fingerprint density at radius 1 is 1.50 bits per heavy atom. The lowest BCUT2D eigenvalue weighted by atomic mass is 10.3. The Bertz CT molecular complexity index is 586. The second-order valence-corrected chi connectivity index (χ2v) is 4.84. The van der Waals surface area contributed by atoms with E-state index in [1.807, 2.05) is 10.6 Å². The topological polar surface area (TPSA) is 47.8 Å². The fraction of sp³-hybridized carbons (Fsp3) is 0.364. The Balaban J connectivity index is 2.37. The highest BCUT2D eigenvalue weighted by Crippen LogP contribution is 2.39. The van der Waals surface area contributed by atoms with Crippen LogP contribution >= 0.6 is 15.9 Å². The molecule has 3 rings (SSSR count). The largest absolute Gasteiger partial charge is 0.320 e. The predicted octanol–water partition coefficient (Wildman–Crippen LogP) is 2.73. The van der Waals surface area contributed by atoms with Crippen LogP contribution in [0.1, 0.15) is 36.3 Å². The van der Waals surface area contributed by atoms with Crippen molar-refractivity contribution < 1.29 is 4.79 Å². The second kappa shape index (κ2) is 3.38. The van der Waals surface area contributed by atoms with E-state index in [4.69, 9.17) is 0 Å². The number of carbonyl (C=O) groups is 1. The molecule has 1 saturated carbocycles. The molecule has 0 unspecified atom stereocenters. The predicted molar refractivity (Wildman–Crippen MR) is 63.5 cm³/mol. The van der Waals surface area contributed by atoms with Gasteiger partial charge in [-0.05, 0) is 34.8 Å². The van der Waals surface area contributed by atoms with E-state index in [2.05, 4.69) is 25.9 Å². The molecule has 2 aromatic rings. The molecule has 82 valence electrons. The van der Waals surface area contributed by atoms with E-state index in [0.29, 0.717) is 6.04 Å². The molecule has 0 N–H and O–H groups in total. The van der Waals surface area contributed by atoms with Crippen molar-refractivity contribution in [3.8, 4) is 0 Å². The molecule has 0 aromatic carbocycles. The number of halogens is 1. The van der Waals surface area contributed by atoms with E-state index in [1.54, 1.807) is 6.92 Å². The van der Waals surface area contributed by atoms with Gasteiger partial charge in [0.25, 0.3) is 0 Å². The number of aromatic nitrogens is 3. The van der Waals surface area contributed by atoms with Gasteiger partial charge in [-0.3, -0.25) is 4.79 Å². The number of fused-ring (bicyclic) bond motifs is 1. The van der Waals surface area contributed by atoms with Gasteiger partial charge < -0.3 is 4.57 Å². The molecule has 0 bridgehead atoms. The summed E-state index contributed by atoms with van der Waals surface area (Å²) in [7, 11) is 0. The molecular formula is C11H10BrN3O. The fourth-order valence-corrected chi connectivity index (χ4v) is 2.36. The summed E-state index contributed by atoms with van der Waals surface area (Å²) in [5, 5.41) is 0.916. The van der Waals surface area contributed by atoms with Crippen LogP contribution in [0.15, 0.2) is 17.0 Å². The van der Waals surface area contributed by atoms with Gasteiger partial charge in [-0.2, -0.15) is 0 Å². The Morgan fingerprint density at radius 2 is 2.25 bits per heavy atom. The molecule has 1 aliphatic carbocycles. The molecule has 0 spiro atoms. The molecule has 0 saturated heterocycles.